The van der Waals surface area contributed by atoms with Crippen molar-refractivity contribution >= 4 is 16.6 Å². The second-order valence-electron chi connectivity index (χ2n) is 4.51. The summed E-state index contributed by atoms with van der Waals surface area (Å²) in [6.45, 7) is 0. The Labute approximate surface area is 121 Å². The summed E-state index contributed by atoms with van der Waals surface area (Å²) in [4.78, 5) is 28.6. The molecule has 0 aliphatic rings. The highest BCUT2D eigenvalue weighted by Gasteiger charge is 2.25. The summed E-state index contributed by atoms with van der Waals surface area (Å²) in [7, 11) is 0. The van der Waals surface area contributed by atoms with Gasteiger partial charge in [0.2, 0.25) is 0 Å². The molecule has 0 saturated heterocycles. The molecule has 0 spiro atoms. The Morgan fingerprint density at radius 2 is 1.95 bits per heavy atom. The van der Waals surface area contributed by atoms with Gasteiger partial charge in [-0.2, -0.15) is 0 Å². The molecular weight excluding hydrogens is 293 g/mol. The van der Waals surface area contributed by atoms with E-state index in [1.165, 1.54) is 12.1 Å². The predicted octanol–water partition coefficient (Wildman–Crippen LogP) is 2.34. The first-order valence-corrected chi connectivity index (χ1v) is 6.12. The number of halogens is 1. The molecule has 0 radical (unpaired) electrons. The van der Waals surface area contributed by atoms with E-state index in [-0.39, 0.29) is 22.2 Å². The number of nitrogens with zero attached hydrogens (tertiary/aromatic N) is 2. The summed E-state index contributed by atoms with van der Waals surface area (Å²) < 4.78 is 13.0. The molecule has 0 unspecified atom stereocenters. The highest BCUT2D eigenvalue weighted by Crippen LogP contribution is 2.38. The van der Waals surface area contributed by atoms with Crippen LogP contribution in [0.15, 0.2) is 41.5 Å². The van der Waals surface area contributed by atoms with E-state index in [0.29, 0.717) is 5.56 Å². The number of phenolic OH excluding ortho intramolecular Hbond substituents is 1. The summed E-state index contributed by atoms with van der Waals surface area (Å²) in [5.41, 5.74) is -1.09. The van der Waals surface area contributed by atoms with E-state index in [0.717, 1.165) is 24.5 Å². The number of aromatic nitrogens is 2. The van der Waals surface area contributed by atoms with E-state index in [9.17, 15) is 24.4 Å². The lowest BCUT2D eigenvalue weighted by atomic mass is 10.0. The van der Waals surface area contributed by atoms with Crippen LogP contribution in [-0.4, -0.2) is 20.0 Å². The van der Waals surface area contributed by atoms with Crippen LogP contribution in [0.25, 0.3) is 22.0 Å². The van der Waals surface area contributed by atoms with Crippen LogP contribution in [-0.2, 0) is 0 Å². The van der Waals surface area contributed by atoms with Gasteiger partial charge in [0, 0.05) is 0 Å². The number of benzene rings is 2. The number of hydrogen-bond acceptors (Lipinski definition) is 5. The van der Waals surface area contributed by atoms with Crippen molar-refractivity contribution in [1.82, 2.24) is 9.97 Å². The molecule has 8 heteroatoms. The third-order valence-corrected chi connectivity index (χ3v) is 3.21. The molecule has 0 aliphatic heterocycles. The zero-order valence-corrected chi connectivity index (χ0v) is 10.9. The number of aromatic hydroxyl groups is 1. The van der Waals surface area contributed by atoms with Gasteiger partial charge in [-0.3, -0.25) is 14.9 Å². The summed E-state index contributed by atoms with van der Waals surface area (Å²) in [6.07, 6.45) is 1.05. The van der Waals surface area contributed by atoms with Gasteiger partial charge >= 0.3 is 0 Å². The molecule has 22 heavy (non-hydrogen) atoms. The van der Waals surface area contributed by atoms with Crippen LogP contribution in [0, 0.1) is 15.9 Å². The Hall–Kier alpha value is -3.29. The average molecular weight is 301 g/mol. The fourth-order valence-electron chi connectivity index (χ4n) is 2.26. The molecule has 1 heterocycles. The smallest absolute Gasteiger partial charge is 0.292 e. The number of nitro groups is 1. The highest BCUT2D eigenvalue weighted by molar-refractivity contribution is 5.99. The Morgan fingerprint density at radius 1 is 1.27 bits per heavy atom. The third-order valence-electron chi connectivity index (χ3n) is 3.21. The Bertz CT molecular complexity index is 951. The number of H-pyrrole nitrogens is 1. The first-order valence-electron chi connectivity index (χ1n) is 6.12. The lowest BCUT2D eigenvalue weighted by Crippen LogP contribution is -2.09. The van der Waals surface area contributed by atoms with E-state index in [4.69, 9.17) is 0 Å². The van der Waals surface area contributed by atoms with Crippen LogP contribution in [0.4, 0.5) is 10.1 Å². The van der Waals surface area contributed by atoms with Gasteiger partial charge in [0.25, 0.3) is 11.2 Å². The molecular formula is C14H8FN3O4. The quantitative estimate of drug-likeness (QED) is 0.557. The standard InChI is InChI=1S/C14H8FN3O4/c15-8-3-1-7(2-4-8)9-5-10(19)12-11(13(9)18(21)22)14(20)17-6-16-12/h1-6,19H,(H,16,17,20). The molecule has 0 fully saturated rings. The number of rotatable bonds is 2. The minimum atomic E-state index is -0.740. The van der Waals surface area contributed by atoms with Gasteiger partial charge in [-0.05, 0) is 23.8 Å². The van der Waals surface area contributed by atoms with Crippen LogP contribution < -0.4 is 5.56 Å². The number of nitrogens with one attached hydrogen (secondary N) is 1. The van der Waals surface area contributed by atoms with E-state index >= 15 is 0 Å². The van der Waals surface area contributed by atoms with Crippen molar-refractivity contribution in [2.75, 3.05) is 0 Å². The normalized spacial score (nSPS) is 10.8. The van der Waals surface area contributed by atoms with Crippen molar-refractivity contribution < 1.29 is 14.4 Å². The monoisotopic (exact) mass is 301 g/mol. The first kappa shape index (κ1) is 13.7. The molecule has 2 aromatic carbocycles. The average Bonchev–Trinajstić information content (AvgIpc) is 2.48. The van der Waals surface area contributed by atoms with Crippen molar-refractivity contribution in [3.05, 3.63) is 62.9 Å². The SMILES string of the molecule is O=c1[nH]cnc2c(O)cc(-c3ccc(F)cc3)c([N+](=O)[O-])c12. The fraction of sp³-hybridized carbons (Fsp3) is 0. The lowest BCUT2D eigenvalue weighted by Gasteiger charge is -2.07. The van der Waals surface area contributed by atoms with Crippen molar-refractivity contribution in [1.29, 1.82) is 0 Å². The van der Waals surface area contributed by atoms with Crippen molar-refractivity contribution in [3.63, 3.8) is 0 Å². The van der Waals surface area contributed by atoms with Crippen LogP contribution in [0.3, 0.4) is 0 Å². The number of nitro benzene ring substituents is 1. The molecule has 0 aliphatic carbocycles. The van der Waals surface area contributed by atoms with Crippen molar-refractivity contribution in [3.8, 4) is 16.9 Å². The maximum Gasteiger partial charge on any atom is 0.292 e. The number of hydrogen-bond donors (Lipinski definition) is 2. The molecule has 3 aromatic rings. The number of fused-ring (bicyclic) bond motifs is 1. The zero-order valence-electron chi connectivity index (χ0n) is 10.9. The molecule has 7 nitrogen and oxygen atoms in total. The second kappa shape index (κ2) is 4.92. The van der Waals surface area contributed by atoms with E-state index in [2.05, 4.69) is 9.97 Å². The van der Waals surface area contributed by atoms with Crippen LogP contribution in [0.5, 0.6) is 5.75 Å². The van der Waals surface area contributed by atoms with E-state index < -0.39 is 22.0 Å². The summed E-state index contributed by atoms with van der Waals surface area (Å²) in [5, 5.41) is 21.1. The van der Waals surface area contributed by atoms with Crippen LogP contribution in [0.2, 0.25) is 0 Å². The number of phenols is 1. The molecule has 110 valence electrons. The Kier molecular flexibility index (Phi) is 3.06. The van der Waals surface area contributed by atoms with Gasteiger partial charge in [0.05, 0.1) is 16.8 Å². The van der Waals surface area contributed by atoms with Crippen LogP contribution in [0.1, 0.15) is 0 Å². The highest BCUT2D eigenvalue weighted by atomic mass is 19.1. The number of aromatic amines is 1. The maximum atomic E-state index is 13.0. The Balaban J connectivity index is 2.47. The van der Waals surface area contributed by atoms with Crippen molar-refractivity contribution in [2.24, 2.45) is 0 Å². The molecule has 0 saturated carbocycles. The molecule has 1 aromatic heterocycles. The minimum absolute atomic E-state index is 0.00787. The largest absolute Gasteiger partial charge is 0.506 e. The maximum absolute atomic E-state index is 13.0. The van der Waals surface area contributed by atoms with Crippen molar-refractivity contribution in [2.45, 2.75) is 0 Å². The topological polar surface area (TPSA) is 109 Å². The summed E-state index contributed by atoms with van der Waals surface area (Å²) >= 11 is 0. The van der Waals surface area contributed by atoms with Gasteiger partial charge < -0.3 is 10.1 Å². The van der Waals surface area contributed by atoms with Gasteiger partial charge in [-0.1, -0.05) is 12.1 Å². The summed E-state index contributed by atoms with van der Waals surface area (Å²) in [5.74, 6) is -0.873. The molecule has 0 bridgehead atoms. The molecule has 3 rings (SSSR count). The fourth-order valence-corrected chi connectivity index (χ4v) is 2.26. The van der Waals surface area contributed by atoms with Gasteiger partial charge in [0.15, 0.2) is 0 Å². The minimum Gasteiger partial charge on any atom is -0.506 e. The second-order valence-corrected chi connectivity index (χ2v) is 4.51. The third kappa shape index (κ3) is 2.06. The predicted molar refractivity (Wildman–Crippen MR) is 76.1 cm³/mol. The zero-order chi connectivity index (χ0) is 15.9. The lowest BCUT2D eigenvalue weighted by molar-refractivity contribution is -0.382. The van der Waals surface area contributed by atoms with E-state index in [1.54, 1.807) is 0 Å². The Morgan fingerprint density at radius 3 is 2.59 bits per heavy atom. The van der Waals surface area contributed by atoms with E-state index in [1.807, 2.05) is 0 Å². The molecule has 0 amide bonds. The first-order chi connectivity index (χ1) is 10.5. The summed E-state index contributed by atoms with van der Waals surface area (Å²) in [6, 6.07) is 6.06. The molecule has 2 N–H and O–H groups in total. The van der Waals surface area contributed by atoms with Crippen LogP contribution >= 0.6 is 0 Å². The molecule has 0 atom stereocenters. The van der Waals surface area contributed by atoms with Gasteiger partial charge in [0.1, 0.15) is 22.5 Å². The van der Waals surface area contributed by atoms with Gasteiger partial charge in [-0.15, -0.1) is 0 Å². The van der Waals surface area contributed by atoms with Gasteiger partial charge in [-0.25, -0.2) is 9.37 Å².